The van der Waals surface area contributed by atoms with Gasteiger partial charge in [0.2, 0.25) is 0 Å². The summed E-state index contributed by atoms with van der Waals surface area (Å²) in [6, 6.07) is 0. The molecule has 1 heterocycles. The molecule has 1 unspecified atom stereocenters. The van der Waals surface area contributed by atoms with Gasteiger partial charge in [-0.25, -0.2) is 15.8 Å². The van der Waals surface area contributed by atoms with Gasteiger partial charge in [0.25, 0.3) is 0 Å². The normalized spacial score (nSPS) is 12.3. The lowest BCUT2D eigenvalue weighted by atomic mass is 10.3. The molecule has 0 aromatic carbocycles. The molecule has 0 aliphatic heterocycles. The van der Waals surface area contributed by atoms with Crippen molar-refractivity contribution in [2.24, 2.45) is 5.84 Å². The monoisotopic (exact) mass is 305 g/mol. The lowest BCUT2D eigenvalue weighted by Crippen LogP contribution is -2.32. The van der Waals surface area contributed by atoms with Crippen LogP contribution in [-0.4, -0.2) is 48.5 Å². The summed E-state index contributed by atoms with van der Waals surface area (Å²) < 4.78 is 5.51. The Morgan fingerprint density at radius 3 is 2.94 bits per heavy atom. The summed E-state index contributed by atoms with van der Waals surface area (Å²) in [5.74, 6) is 6.44. The van der Waals surface area contributed by atoms with E-state index in [2.05, 4.69) is 31.3 Å². The number of likely N-dealkylation sites (N-methyl/N-ethyl adjacent to an activating group) is 1. The van der Waals surface area contributed by atoms with Crippen LogP contribution >= 0.6 is 15.9 Å². The van der Waals surface area contributed by atoms with Crippen molar-refractivity contribution in [2.75, 3.05) is 37.6 Å². The van der Waals surface area contributed by atoms with Gasteiger partial charge in [0.1, 0.15) is 16.6 Å². The number of nitrogens with zero attached hydrogens (tertiary/aromatic N) is 3. The van der Waals surface area contributed by atoms with Crippen molar-refractivity contribution in [1.82, 2.24) is 9.97 Å². The second-order valence-corrected chi connectivity index (χ2v) is 4.29. The lowest BCUT2D eigenvalue weighted by Gasteiger charge is -2.22. The number of nitrogens with one attached hydrogen (secondary N) is 1. The van der Waals surface area contributed by atoms with Gasteiger partial charge in [-0.05, 0) is 15.9 Å². The molecule has 0 amide bonds. The Morgan fingerprint density at radius 2 is 2.35 bits per heavy atom. The van der Waals surface area contributed by atoms with E-state index in [9.17, 15) is 5.11 Å². The maximum absolute atomic E-state index is 9.63. The van der Waals surface area contributed by atoms with Crippen LogP contribution in [0.25, 0.3) is 0 Å². The quantitative estimate of drug-likeness (QED) is 0.501. The molecule has 0 bridgehead atoms. The topological polar surface area (TPSA) is 96.5 Å². The molecule has 0 saturated carbocycles. The maximum Gasteiger partial charge on any atom is 0.159 e. The summed E-state index contributed by atoms with van der Waals surface area (Å²) in [6.07, 6.45) is 0.815. The van der Waals surface area contributed by atoms with Crippen LogP contribution in [0.2, 0.25) is 0 Å². The summed E-state index contributed by atoms with van der Waals surface area (Å²) in [5, 5.41) is 9.63. The maximum atomic E-state index is 9.63. The van der Waals surface area contributed by atoms with E-state index in [-0.39, 0.29) is 6.61 Å². The molecule has 7 nitrogen and oxygen atoms in total. The van der Waals surface area contributed by atoms with Crippen LogP contribution < -0.4 is 16.2 Å². The van der Waals surface area contributed by atoms with Crippen LogP contribution in [0, 0.1) is 0 Å². The van der Waals surface area contributed by atoms with Crippen molar-refractivity contribution in [2.45, 2.75) is 6.10 Å². The van der Waals surface area contributed by atoms with Crippen molar-refractivity contribution in [3.05, 3.63) is 10.8 Å². The van der Waals surface area contributed by atoms with E-state index in [1.165, 1.54) is 6.33 Å². The molecule has 0 saturated heterocycles. The van der Waals surface area contributed by atoms with Crippen molar-refractivity contribution in [3.63, 3.8) is 0 Å². The lowest BCUT2D eigenvalue weighted by molar-refractivity contribution is 0.0694. The average Bonchev–Trinajstić information content (AvgIpc) is 2.29. The smallest absolute Gasteiger partial charge is 0.159 e. The molecule has 0 aliphatic rings. The third kappa shape index (κ3) is 3.77. The molecule has 0 radical (unpaired) electrons. The van der Waals surface area contributed by atoms with Gasteiger partial charge in [-0.3, -0.25) is 0 Å². The number of ether oxygens (including phenoxy) is 1. The first-order valence-corrected chi connectivity index (χ1v) is 5.74. The van der Waals surface area contributed by atoms with Crippen LogP contribution in [-0.2, 0) is 4.74 Å². The number of nitrogens with two attached hydrogens (primary N) is 1. The first kappa shape index (κ1) is 14.1. The molecule has 0 fully saturated rings. The highest BCUT2D eigenvalue weighted by Gasteiger charge is 2.14. The summed E-state index contributed by atoms with van der Waals surface area (Å²) in [7, 11) is 3.35. The number of rotatable bonds is 6. The number of anilines is 2. The van der Waals surface area contributed by atoms with Gasteiger partial charge in [-0.2, -0.15) is 0 Å². The van der Waals surface area contributed by atoms with Gasteiger partial charge in [0.15, 0.2) is 5.82 Å². The second-order valence-electron chi connectivity index (χ2n) is 3.49. The van der Waals surface area contributed by atoms with Crippen LogP contribution in [0.3, 0.4) is 0 Å². The van der Waals surface area contributed by atoms with Gasteiger partial charge in [0.05, 0.1) is 12.7 Å². The van der Waals surface area contributed by atoms with Gasteiger partial charge in [-0.1, -0.05) is 0 Å². The Balaban J connectivity index is 2.78. The molecule has 1 aromatic rings. The van der Waals surface area contributed by atoms with Crippen LogP contribution in [0.15, 0.2) is 10.8 Å². The first-order chi connectivity index (χ1) is 8.10. The third-order valence-electron chi connectivity index (χ3n) is 2.11. The molecule has 1 atom stereocenters. The first-order valence-electron chi connectivity index (χ1n) is 4.95. The zero-order chi connectivity index (χ0) is 12.8. The summed E-state index contributed by atoms with van der Waals surface area (Å²) in [6.45, 7) is 0.669. The molecule has 8 heteroatoms. The number of hydrazine groups is 1. The van der Waals surface area contributed by atoms with Gasteiger partial charge in [0, 0.05) is 20.7 Å². The summed E-state index contributed by atoms with van der Waals surface area (Å²) >= 11 is 3.35. The standard InChI is InChI=1S/C9H16BrN5O2/c1-15(3-6(16)4-17-2)9-7(10)8(14-11)12-5-13-9/h5-6,16H,3-4,11H2,1-2H3,(H,12,13,14). The molecule has 1 aromatic heterocycles. The van der Waals surface area contributed by atoms with Crippen molar-refractivity contribution in [1.29, 1.82) is 0 Å². The minimum absolute atomic E-state index is 0.273. The zero-order valence-corrected chi connectivity index (χ0v) is 11.3. The Hall–Kier alpha value is -0.960. The minimum Gasteiger partial charge on any atom is -0.389 e. The SMILES string of the molecule is COCC(O)CN(C)c1ncnc(NN)c1Br. The highest BCUT2D eigenvalue weighted by Crippen LogP contribution is 2.28. The van der Waals surface area contributed by atoms with E-state index in [1.54, 1.807) is 12.0 Å². The molecular formula is C9H16BrN5O2. The number of halogens is 1. The highest BCUT2D eigenvalue weighted by molar-refractivity contribution is 9.10. The number of hydrogen-bond donors (Lipinski definition) is 3. The van der Waals surface area contributed by atoms with Gasteiger partial charge < -0.3 is 20.2 Å². The number of aliphatic hydroxyl groups excluding tert-OH is 1. The molecule has 96 valence electrons. The largest absolute Gasteiger partial charge is 0.389 e. The Labute approximate surface area is 108 Å². The van der Waals surface area contributed by atoms with Crippen LogP contribution in [0.1, 0.15) is 0 Å². The zero-order valence-electron chi connectivity index (χ0n) is 9.72. The Kier molecular flexibility index (Phi) is 5.56. The van der Waals surface area contributed by atoms with E-state index in [0.29, 0.717) is 22.7 Å². The molecule has 4 N–H and O–H groups in total. The minimum atomic E-state index is -0.582. The van der Waals surface area contributed by atoms with E-state index in [0.717, 1.165) is 0 Å². The second kappa shape index (κ2) is 6.70. The van der Waals surface area contributed by atoms with Crippen molar-refractivity contribution < 1.29 is 9.84 Å². The number of methoxy groups -OCH3 is 1. The summed E-state index contributed by atoms with van der Waals surface area (Å²) in [4.78, 5) is 9.86. The van der Waals surface area contributed by atoms with E-state index < -0.39 is 6.10 Å². The Morgan fingerprint density at radius 1 is 1.65 bits per heavy atom. The van der Waals surface area contributed by atoms with Crippen LogP contribution in [0.5, 0.6) is 0 Å². The molecule has 1 rings (SSSR count). The fraction of sp³-hybridized carbons (Fsp3) is 0.556. The molecule has 17 heavy (non-hydrogen) atoms. The van der Waals surface area contributed by atoms with Crippen molar-refractivity contribution in [3.8, 4) is 0 Å². The number of hydrogen-bond acceptors (Lipinski definition) is 7. The van der Waals surface area contributed by atoms with Gasteiger partial charge in [-0.15, -0.1) is 0 Å². The predicted molar refractivity (Wildman–Crippen MR) is 68.7 cm³/mol. The van der Waals surface area contributed by atoms with Crippen LogP contribution in [0.4, 0.5) is 11.6 Å². The third-order valence-corrected chi connectivity index (χ3v) is 2.84. The molecular weight excluding hydrogens is 290 g/mol. The summed E-state index contributed by atoms with van der Waals surface area (Å²) in [5.41, 5.74) is 2.46. The fourth-order valence-corrected chi connectivity index (χ4v) is 2.00. The molecule has 0 aliphatic carbocycles. The fourth-order valence-electron chi connectivity index (χ4n) is 1.37. The average molecular weight is 306 g/mol. The van der Waals surface area contributed by atoms with Gasteiger partial charge >= 0.3 is 0 Å². The van der Waals surface area contributed by atoms with E-state index in [1.807, 2.05) is 7.05 Å². The van der Waals surface area contributed by atoms with E-state index in [4.69, 9.17) is 10.6 Å². The van der Waals surface area contributed by atoms with Crippen molar-refractivity contribution >= 4 is 27.6 Å². The number of nitrogen functional groups attached to an aromatic ring is 1. The highest BCUT2D eigenvalue weighted by atomic mass is 79.9. The number of aliphatic hydroxyl groups is 1. The Bertz CT molecular complexity index is 365. The molecule has 0 spiro atoms. The van der Waals surface area contributed by atoms with E-state index >= 15 is 0 Å². The number of aromatic nitrogens is 2. The predicted octanol–water partition coefficient (Wildman–Crippen LogP) is -0.0318.